The maximum atomic E-state index is 11.2. The Kier molecular flexibility index (Phi) is 5.27. The van der Waals surface area contributed by atoms with Crippen LogP contribution < -0.4 is 0 Å². The van der Waals surface area contributed by atoms with E-state index in [1.807, 2.05) is 26.6 Å². The van der Waals surface area contributed by atoms with Crippen LogP contribution in [0.5, 0.6) is 0 Å². The number of carbonyl (C=O) groups excluding carboxylic acids is 1. The zero-order valence-corrected chi connectivity index (χ0v) is 12.1. The van der Waals surface area contributed by atoms with Gasteiger partial charge in [-0.2, -0.15) is 0 Å². The van der Waals surface area contributed by atoms with Gasteiger partial charge in [-0.1, -0.05) is 6.92 Å². The molecule has 0 saturated carbocycles. The van der Waals surface area contributed by atoms with Gasteiger partial charge in [0.1, 0.15) is 10.4 Å². The summed E-state index contributed by atoms with van der Waals surface area (Å²) in [7, 11) is -1.07. The molecule has 0 atom stereocenters. The number of carbonyl (C=O) groups is 1. The van der Waals surface area contributed by atoms with Crippen molar-refractivity contribution >= 4 is 24.8 Å². The van der Waals surface area contributed by atoms with E-state index in [2.05, 4.69) is 0 Å². The van der Waals surface area contributed by atoms with Gasteiger partial charge in [-0.05, 0) is 26.1 Å². The van der Waals surface area contributed by atoms with E-state index in [1.54, 1.807) is 4.57 Å². The van der Waals surface area contributed by atoms with Crippen LogP contribution in [0.25, 0.3) is 0 Å². The summed E-state index contributed by atoms with van der Waals surface area (Å²) in [6.07, 6.45) is 0.599. The van der Waals surface area contributed by atoms with E-state index in [0.29, 0.717) is 10.4 Å². The maximum absolute atomic E-state index is 11.2. The predicted molar refractivity (Wildman–Crippen MR) is 57.8 cm³/mol. The molecule has 0 rings (SSSR count). The molecule has 0 aromatic rings. The normalized spacial score (nSPS) is 11.4. The molecule has 0 aliphatic carbocycles. The fourth-order valence-corrected chi connectivity index (χ4v) is 1.49. The molecule has 0 saturated heterocycles. The Morgan fingerprint density at radius 1 is 1.46 bits per heavy atom. The quantitative estimate of drug-likeness (QED) is 0.402. The average Bonchev–Trinajstić information content (AvgIpc) is 1.99. The van der Waals surface area contributed by atoms with Gasteiger partial charge in [-0.3, -0.25) is 4.89 Å². The summed E-state index contributed by atoms with van der Waals surface area (Å²) >= 11 is 0. The molecule has 0 aliphatic heterocycles. The minimum Gasteiger partial charge on any atom is -0.343 e. The number of rotatable bonds is 4. The van der Waals surface area contributed by atoms with Crippen molar-refractivity contribution in [3.8, 4) is 0 Å². The summed E-state index contributed by atoms with van der Waals surface area (Å²) in [4.78, 5) is 15.9. The van der Waals surface area contributed by atoms with E-state index in [9.17, 15) is 4.79 Å². The van der Waals surface area contributed by atoms with E-state index in [1.165, 1.54) is 0 Å². The standard InChI is InChI=1S/C7H19NO3Si2/c1-5-6-8(12)7(9)10-11-13(2,3)4/h5-6H2,1-4,12H3. The van der Waals surface area contributed by atoms with Crippen molar-refractivity contribution < 1.29 is 14.3 Å². The molecule has 6 heteroatoms. The van der Waals surface area contributed by atoms with E-state index in [-0.39, 0.29) is 6.09 Å². The van der Waals surface area contributed by atoms with Crippen LogP contribution in [0.3, 0.4) is 0 Å². The lowest BCUT2D eigenvalue weighted by Crippen LogP contribution is -2.34. The molecule has 0 heterocycles. The second-order valence-electron chi connectivity index (χ2n) is 3.97. The summed E-state index contributed by atoms with van der Waals surface area (Å²) in [6.45, 7) is 8.68. The number of hydrogen-bond acceptors (Lipinski definition) is 3. The second-order valence-corrected chi connectivity index (χ2v) is 9.44. The van der Waals surface area contributed by atoms with Crippen LogP contribution in [0.2, 0.25) is 19.6 Å². The number of hydrogen-bond donors (Lipinski definition) is 0. The summed E-state index contributed by atoms with van der Waals surface area (Å²) in [5, 5.41) is 0. The van der Waals surface area contributed by atoms with Crippen molar-refractivity contribution in [3.63, 3.8) is 0 Å². The fourth-order valence-electron chi connectivity index (χ4n) is 0.651. The largest absolute Gasteiger partial charge is 0.431 e. The van der Waals surface area contributed by atoms with E-state index in [0.717, 1.165) is 13.0 Å². The van der Waals surface area contributed by atoms with Crippen molar-refractivity contribution in [1.29, 1.82) is 0 Å². The Bertz CT molecular complexity index is 170. The monoisotopic (exact) mass is 221 g/mol. The van der Waals surface area contributed by atoms with Gasteiger partial charge in [-0.25, -0.2) is 9.37 Å². The molecule has 0 aliphatic rings. The Hall–Kier alpha value is -0.336. The molecule has 0 unspecified atom stereocenters. The predicted octanol–water partition coefficient (Wildman–Crippen LogP) is 0.882. The van der Waals surface area contributed by atoms with Gasteiger partial charge in [0, 0.05) is 6.54 Å². The lowest BCUT2D eigenvalue weighted by molar-refractivity contribution is -0.159. The fraction of sp³-hybridized carbons (Fsp3) is 0.857. The minimum absolute atomic E-state index is 0.351. The van der Waals surface area contributed by atoms with Crippen LogP contribution in [0, 0.1) is 0 Å². The summed E-state index contributed by atoms with van der Waals surface area (Å²) in [5.41, 5.74) is 0. The van der Waals surface area contributed by atoms with Crippen LogP contribution in [0.1, 0.15) is 13.3 Å². The second kappa shape index (κ2) is 5.41. The lowest BCUT2D eigenvalue weighted by atomic mass is 10.5. The first kappa shape index (κ1) is 12.7. The van der Waals surface area contributed by atoms with Gasteiger partial charge < -0.3 is 4.57 Å². The van der Waals surface area contributed by atoms with Gasteiger partial charge in [0.15, 0.2) is 0 Å². The third-order valence-electron chi connectivity index (χ3n) is 1.23. The molecule has 1 amide bonds. The Morgan fingerprint density at radius 3 is 2.38 bits per heavy atom. The third-order valence-corrected chi connectivity index (χ3v) is 2.63. The molecule has 0 fully saturated rings. The van der Waals surface area contributed by atoms with Crippen LogP contribution >= 0.6 is 0 Å². The zero-order valence-electron chi connectivity index (χ0n) is 9.09. The van der Waals surface area contributed by atoms with E-state index in [4.69, 9.17) is 9.46 Å². The summed E-state index contributed by atoms with van der Waals surface area (Å²) in [6, 6.07) is 0. The smallest absolute Gasteiger partial charge is 0.343 e. The molecule has 0 N–H and O–H groups in total. The molecule has 13 heavy (non-hydrogen) atoms. The van der Waals surface area contributed by atoms with Crippen LogP contribution in [-0.4, -0.2) is 35.9 Å². The molecule has 0 radical (unpaired) electrons. The molecule has 0 spiro atoms. The molecule has 0 aromatic heterocycles. The van der Waals surface area contributed by atoms with Gasteiger partial charge in [-0.15, -0.1) is 0 Å². The number of nitrogens with zero attached hydrogens (tertiary/aromatic N) is 1. The first-order valence-electron chi connectivity index (χ1n) is 4.47. The Labute approximate surface area is 83.8 Å². The van der Waals surface area contributed by atoms with Crippen LogP contribution in [0.4, 0.5) is 4.79 Å². The topological polar surface area (TPSA) is 38.8 Å². The number of amides is 1. The van der Waals surface area contributed by atoms with Crippen molar-refractivity contribution in [2.45, 2.75) is 33.0 Å². The van der Waals surface area contributed by atoms with Crippen molar-refractivity contribution in [1.82, 2.24) is 4.57 Å². The van der Waals surface area contributed by atoms with Crippen molar-refractivity contribution in [2.75, 3.05) is 6.54 Å². The van der Waals surface area contributed by atoms with Crippen molar-refractivity contribution in [2.24, 2.45) is 0 Å². The molecule has 0 aromatic carbocycles. The molecular weight excluding hydrogens is 202 g/mol. The average molecular weight is 221 g/mol. The van der Waals surface area contributed by atoms with E-state index < -0.39 is 8.32 Å². The van der Waals surface area contributed by atoms with Gasteiger partial charge >= 0.3 is 6.09 Å². The van der Waals surface area contributed by atoms with Crippen LogP contribution in [0.15, 0.2) is 0 Å². The van der Waals surface area contributed by atoms with Gasteiger partial charge in [0.05, 0.1) is 0 Å². The molecule has 0 bridgehead atoms. The minimum atomic E-state index is -1.74. The van der Waals surface area contributed by atoms with Gasteiger partial charge in [0.25, 0.3) is 0 Å². The third kappa shape index (κ3) is 6.79. The Balaban J connectivity index is 3.74. The summed E-state index contributed by atoms with van der Waals surface area (Å²) < 4.78 is 6.67. The zero-order chi connectivity index (χ0) is 10.5. The lowest BCUT2D eigenvalue weighted by Gasteiger charge is -2.19. The highest BCUT2D eigenvalue weighted by molar-refractivity contribution is 6.69. The first-order chi connectivity index (χ1) is 5.87. The van der Waals surface area contributed by atoms with Gasteiger partial charge in [0.2, 0.25) is 8.32 Å². The van der Waals surface area contributed by atoms with Crippen molar-refractivity contribution in [3.05, 3.63) is 0 Å². The molecule has 4 nitrogen and oxygen atoms in total. The summed E-state index contributed by atoms with van der Waals surface area (Å²) in [5.74, 6) is 0. The maximum Gasteiger partial charge on any atom is 0.431 e. The molecular formula is C7H19NO3Si2. The molecule has 78 valence electrons. The highest BCUT2D eigenvalue weighted by Gasteiger charge is 2.20. The first-order valence-corrected chi connectivity index (χ1v) is 8.78. The SMILES string of the molecule is CCCN([SiH3])C(=O)OO[Si](C)(C)C. The Morgan fingerprint density at radius 2 is 2.00 bits per heavy atom. The van der Waals surface area contributed by atoms with E-state index >= 15 is 0 Å². The highest BCUT2D eigenvalue weighted by atomic mass is 28.4. The highest BCUT2D eigenvalue weighted by Crippen LogP contribution is 2.04. The van der Waals surface area contributed by atoms with Crippen LogP contribution in [-0.2, 0) is 9.46 Å².